The zero-order valence-electron chi connectivity index (χ0n) is 11.9. The van der Waals surface area contributed by atoms with Crippen LogP contribution in [0.1, 0.15) is 25.7 Å². The first-order valence-electron chi connectivity index (χ1n) is 6.44. The molecule has 0 unspecified atom stereocenters. The maximum atomic E-state index is 10.2. The lowest BCUT2D eigenvalue weighted by Crippen LogP contribution is -2.30. The van der Waals surface area contributed by atoms with E-state index in [0.717, 1.165) is 0 Å². The van der Waals surface area contributed by atoms with Gasteiger partial charge < -0.3 is 38.9 Å². The summed E-state index contributed by atoms with van der Waals surface area (Å²) in [6.45, 7) is 0.921. The van der Waals surface area contributed by atoms with E-state index in [1.165, 1.54) is 0 Å². The van der Waals surface area contributed by atoms with Gasteiger partial charge in [0, 0.05) is 6.54 Å². The van der Waals surface area contributed by atoms with E-state index in [-0.39, 0.29) is 5.96 Å². The van der Waals surface area contributed by atoms with Crippen molar-refractivity contribution in [3.05, 3.63) is 0 Å². The molecule has 0 spiro atoms. The molecular weight excluding hydrogens is 280 g/mol. The van der Waals surface area contributed by atoms with Gasteiger partial charge in [0.15, 0.2) is 5.96 Å². The molecule has 0 rings (SSSR count). The Kier molecular flexibility index (Phi) is 13.3. The maximum absolute atomic E-state index is 10.2. The van der Waals surface area contributed by atoms with Crippen LogP contribution in [-0.4, -0.2) is 53.3 Å². The van der Waals surface area contributed by atoms with Crippen LogP contribution in [0.25, 0.3) is 0 Å². The van der Waals surface area contributed by atoms with E-state index in [1.54, 1.807) is 0 Å². The number of rotatable bonds is 9. The number of guanidine groups is 1. The second-order valence-corrected chi connectivity index (χ2v) is 4.27. The van der Waals surface area contributed by atoms with Crippen LogP contribution in [0, 0.1) is 0 Å². The zero-order chi connectivity index (χ0) is 16.8. The molecule has 0 radical (unpaired) electrons. The summed E-state index contributed by atoms with van der Waals surface area (Å²) < 4.78 is 0. The van der Waals surface area contributed by atoms with E-state index in [4.69, 9.17) is 38.9 Å². The van der Waals surface area contributed by atoms with Crippen molar-refractivity contribution in [3.8, 4) is 0 Å². The summed E-state index contributed by atoms with van der Waals surface area (Å²) in [6.07, 6.45) is 2.09. The minimum atomic E-state index is -1.00. The van der Waals surface area contributed by atoms with Crippen molar-refractivity contribution in [3.63, 3.8) is 0 Å². The van der Waals surface area contributed by atoms with E-state index in [2.05, 4.69) is 4.99 Å². The highest BCUT2D eigenvalue weighted by Crippen LogP contribution is 1.94. The van der Waals surface area contributed by atoms with Crippen molar-refractivity contribution in [1.29, 1.82) is 0 Å². The third kappa shape index (κ3) is 16.0. The van der Waals surface area contributed by atoms with Crippen molar-refractivity contribution in [1.82, 2.24) is 0 Å². The molecule has 2 atom stereocenters. The van der Waals surface area contributed by atoms with E-state index in [0.29, 0.717) is 38.8 Å². The number of nitrogens with zero attached hydrogens (tertiary/aromatic N) is 1. The molecule has 0 aromatic heterocycles. The maximum Gasteiger partial charge on any atom is 0.320 e. The van der Waals surface area contributed by atoms with Crippen LogP contribution >= 0.6 is 0 Å². The summed E-state index contributed by atoms with van der Waals surface area (Å²) in [5.41, 5.74) is 25.6. The number of aliphatic carboxylic acids is 2. The topological polar surface area (TPSA) is 217 Å². The highest BCUT2D eigenvalue weighted by Gasteiger charge is 2.09. The smallest absolute Gasteiger partial charge is 0.320 e. The number of carbonyl (C=O) groups is 2. The fourth-order valence-electron chi connectivity index (χ4n) is 1.10. The number of hydrogen-bond donors (Lipinski definition) is 7. The largest absolute Gasteiger partial charge is 0.480 e. The van der Waals surface area contributed by atoms with Gasteiger partial charge in [-0.1, -0.05) is 0 Å². The molecule has 10 heteroatoms. The molecule has 0 bridgehead atoms. The third-order valence-electron chi connectivity index (χ3n) is 2.32. The molecule has 0 aliphatic carbocycles. The van der Waals surface area contributed by atoms with Gasteiger partial charge in [-0.15, -0.1) is 0 Å². The minimum absolute atomic E-state index is 0.0129. The van der Waals surface area contributed by atoms with Crippen molar-refractivity contribution in [2.45, 2.75) is 37.8 Å². The predicted octanol–water partition coefficient (Wildman–Crippen LogP) is -2.41. The van der Waals surface area contributed by atoms with Gasteiger partial charge in [-0.05, 0) is 32.2 Å². The van der Waals surface area contributed by atoms with E-state index >= 15 is 0 Å². The van der Waals surface area contributed by atoms with Crippen molar-refractivity contribution in [2.75, 3.05) is 13.1 Å². The van der Waals surface area contributed by atoms with Crippen LogP contribution in [0.3, 0.4) is 0 Å². The van der Waals surface area contributed by atoms with Crippen LogP contribution in [0.5, 0.6) is 0 Å². The van der Waals surface area contributed by atoms with Gasteiger partial charge in [-0.2, -0.15) is 0 Å². The summed E-state index contributed by atoms with van der Waals surface area (Å²) in [5.74, 6) is -1.94. The Morgan fingerprint density at radius 2 is 1.38 bits per heavy atom. The zero-order valence-corrected chi connectivity index (χ0v) is 11.9. The lowest BCUT2D eigenvalue weighted by atomic mass is 10.2. The molecule has 10 nitrogen and oxygen atoms in total. The lowest BCUT2D eigenvalue weighted by Gasteiger charge is -2.03. The van der Waals surface area contributed by atoms with Gasteiger partial charge >= 0.3 is 11.9 Å². The molecule has 0 aliphatic heterocycles. The van der Waals surface area contributed by atoms with Crippen molar-refractivity contribution < 1.29 is 19.8 Å². The highest BCUT2D eigenvalue weighted by atomic mass is 16.4. The Hall–Kier alpha value is -1.91. The van der Waals surface area contributed by atoms with Crippen LogP contribution in [0.4, 0.5) is 0 Å². The summed E-state index contributed by atoms with van der Waals surface area (Å²) in [4.78, 5) is 23.9. The summed E-state index contributed by atoms with van der Waals surface area (Å²) in [6, 6.07) is -1.56. The summed E-state index contributed by atoms with van der Waals surface area (Å²) >= 11 is 0. The molecule has 124 valence electrons. The molecule has 0 fully saturated rings. The fourth-order valence-corrected chi connectivity index (χ4v) is 1.10. The second kappa shape index (κ2) is 13.1. The molecule has 12 N–H and O–H groups in total. The highest BCUT2D eigenvalue weighted by molar-refractivity contribution is 5.75. The summed E-state index contributed by atoms with van der Waals surface area (Å²) in [7, 11) is 0. The van der Waals surface area contributed by atoms with E-state index < -0.39 is 24.0 Å². The van der Waals surface area contributed by atoms with Gasteiger partial charge in [0.2, 0.25) is 0 Å². The first kappa shape index (κ1) is 21.4. The predicted molar refractivity (Wildman–Crippen MR) is 79.4 cm³/mol. The monoisotopic (exact) mass is 306 g/mol. The van der Waals surface area contributed by atoms with Gasteiger partial charge in [-0.3, -0.25) is 14.6 Å². The van der Waals surface area contributed by atoms with Gasteiger partial charge in [-0.25, -0.2) is 0 Å². The molecule has 0 amide bonds. The van der Waals surface area contributed by atoms with Crippen LogP contribution < -0.4 is 28.7 Å². The number of nitrogens with two attached hydrogens (primary N) is 5. The van der Waals surface area contributed by atoms with E-state index in [9.17, 15) is 9.59 Å². The molecule has 0 saturated carbocycles. The standard InChI is InChI=1S/C6H14N4O2.C5H12N2O2/c7-4(5(11)12)2-1-3-10-6(8)9;6-3-1-2-4(7)5(8)9/h4H,1-3,7H2,(H,11,12)(H4,8,9,10);4H,1-3,6-7H2,(H,8,9)/t2*4-/m11/s1. The molecule has 0 aliphatic rings. The third-order valence-corrected chi connectivity index (χ3v) is 2.32. The molecule has 0 aromatic rings. The quantitative estimate of drug-likeness (QED) is 0.137. The normalized spacial score (nSPS) is 12.5. The number of aliphatic imine (C=N–C) groups is 1. The second-order valence-electron chi connectivity index (χ2n) is 4.27. The average molecular weight is 306 g/mol. The van der Waals surface area contributed by atoms with Crippen molar-refractivity contribution in [2.24, 2.45) is 33.7 Å². The average Bonchev–Trinajstić information content (AvgIpc) is 2.40. The molecule has 21 heavy (non-hydrogen) atoms. The Labute approximate surface area is 123 Å². The van der Waals surface area contributed by atoms with E-state index in [1.807, 2.05) is 0 Å². The SMILES string of the molecule is NC(N)=NCCC[C@@H](N)C(=O)O.NCCC[C@@H](N)C(=O)O. The lowest BCUT2D eigenvalue weighted by molar-refractivity contribution is -0.139. The molecular formula is C11H26N6O4. The van der Waals surface area contributed by atoms with Crippen LogP contribution in [-0.2, 0) is 9.59 Å². The van der Waals surface area contributed by atoms with Gasteiger partial charge in [0.1, 0.15) is 12.1 Å². The van der Waals surface area contributed by atoms with Gasteiger partial charge in [0.25, 0.3) is 0 Å². The molecule has 0 saturated heterocycles. The summed E-state index contributed by atoms with van der Waals surface area (Å²) in [5, 5.41) is 16.6. The Balaban J connectivity index is 0. The minimum Gasteiger partial charge on any atom is -0.480 e. The first-order chi connectivity index (χ1) is 9.72. The fraction of sp³-hybridized carbons (Fsp3) is 0.727. The number of carboxylic acids is 2. The Bertz CT molecular complexity index is 333. The van der Waals surface area contributed by atoms with Crippen LogP contribution in [0.2, 0.25) is 0 Å². The molecule has 0 heterocycles. The Morgan fingerprint density at radius 3 is 1.71 bits per heavy atom. The molecule has 0 aromatic carbocycles. The van der Waals surface area contributed by atoms with Gasteiger partial charge in [0.05, 0.1) is 0 Å². The number of carboxylic acid groups (broad SMARTS) is 2. The van der Waals surface area contributed by atoms with Crippen LogP contribution in [0.15, 0.2) is 4.99 Å². The van der Waals surface area contributed by atoms with Crippen molar-refractivity contribution >= 4 is 17.9 Å². The number of hydrogen-bond acceptors (Lipinski definition) is 6. The Morgan fingerprint density at radius 1 is 0.952 bits per heavy atom. The first-order valence-corrected chi connectivity index (χ1v) is 6.44.